The number of likely N-dealkylation sites (N-methyl/N-ethyl adjacent to an activating group) is 1. The quantitative estimate of drug-likeness (QED) is 0.667. The van der Waals surface area contributed by atoms with Crippen LogP contribution in [0.2, 0.25) is 0 Å². The summed E-state index contributed by atoms with van der Waals surface area (Å²) in [4.78, 5) is 8.08. The van der Waals surface area contributed by atoms with Gasteiger partial charge < -0.3 is 10.4 Å². The standard InChI is InChI=1S/C8H13N3O/c1-6-3-11-7(4-10-6)8(12)5-9-2/h3-4,8-9,12H,5H2,1-2H3. The second-order valence-electron chi connectivity index (χ2n) is 2.66. The second-order valence-corrected chi connectivity index (χ2v) is 2.66. The molecular formula is C8H13N3O. The maximum Gasteiger partial charge on any atom is 0.110 e. The predicted octanol–water partition coefficient (Wildman–Crippen LogP) is 0.0378. The van der Waals surface area contributed by atoms with E-state index in [4.69, 9.17) is 0 Å². The summed E-state index contributed by atoms with van der Waals surface area (Å²) in [6, 6.07) is 0. The van der Waals surface area contributed by atoms with Gasteiger partial charge in [0, 0.05) is 12.7 Å². The largest absolute Gasteiger partial charge is 0.385 e. The van der Waals surface area contributed by atoms with Gasteiger partial charge in [-0.15, -0.1) is 0 Å². The van der Waals surface area contributed by atoms with Crippen LogP contribution in [0.5, 0.6) is 0 Å². The first-order valence-electron chi connectivity index (χ1n) is 3.85. The number of nitrogens with zero attached hydrogens (tertiary/aromatic N) is 2. The molecule has 0 aliphatic carbocycles. The number of aliphatic hydroxyl groups is 1. The molecule has 1 rings (SSSR count). The third kappa shape index (κ3) is 2.25. The third-order valence-electron chi connectivity index (χ3n) is 1.54. The number of aryl methyl sites for hydroxylation is 1. The molecule has 0 saturated carbocycles. The Hall–Kier alpha value is -1.00. The van der Waals surface area contributed by atoms with Crippen molar-refractivity contribution in [2.24, 2.45) is 0 Å². The van der Waals surface area contributed by atoms with E-state index in [1.54, 1.807) is 19.4 Å². The minimum Gasteiger partial charge on any atom is -0.385 e. The molecule has 0 aliphatic heterocycles. The summed E-state index contributed by atoms with van der Waals surface area (Å²) in [5, 5.41) is 12.3. The first-order valence-corrected chi connectivity index (χ1v) is 3.85. The van der Waals surface area contributed by atoms with Gasteiger partial charge in [0.25, 0.3) is 0 Å². The number of nitrogens with one attached hydrogen (secondary N) is 1. The van der Waals surface area contributed by atoms with Crippen LogP contribution in [-0.4, -0.2) is 28.7 Å². The zero-order valence-electron chi connectivity index (χ0n) is 7.28. The van der Waals surface area contributed by atoms with Crippen molar-refractivity contribution < 1.29 is 5.11 Å². The van der Waals surface area contributed by atoms with Gasteiger partial charge in [-0.2, -0.15) is 0 Å². The van der Waals surface area contributed by atoms with E-state index in [9.17, 15) is 5.11 Å². The molecule has 4 nitrogen and oxygen atoms in total. The molecule has 0 saturated heterocycles. The Morgan fingerprint density at radius 2 is 2.25 bits per heavy atom. The molecule has 4 heteroatoms. The fraction of sp³-hybridized carbons (Fsp3) is 0.500. The van der Waals surface area contributed by atoms with Gasteiger partial charge in [-0.1, -0.05) is 0 Å². The van der Waals surface area contributed by atoms with Crippen molar-refractivity contribution in [1.29, 1.82) is 0 Å². The van der Waals surface area contributed by atoms with Gasteiger partial charge in [0.15, 0.2) is 0 Å². The van der Waals surface area contributed by atoms with Crippen LogP contribution < -0.4 is 5.32 Å². The van der Waals surface area contributed by atoms with Gasteiger partial charge in [-0.3, -0.25) is 9.97 Å². The van der Waals surface area contributed by atoms with Gasteiger partial charge in [-0.25, -0.2) is 0 Å². The minimum atomic E-state index is -0.567. The van der Waals surface area contributed by atoms with Crippen LogP contribution in [0.3, 0.4) is 0 Å². The molecule has 0 bridgehead atoms. The smallest absolute Gasteiger partial charge is 0.110 e. The first kappa shape index (κ1) is 9.09. The highest BCUT2D eigenvalue weighted by atomic mass is 16.3. The van der Waals surface area contributed by atoms with Crippen LogP contribution in [0.25, 0.3) is 0 Å². The van der Waals surface area contributed by atoms with Crippen LogP contribution in [0.15, 0.2) is 12.4 Å². The van der Waals surface area contributed by atoms with Gasteiger partial charge in [0.1, 0.15) is 6.10 Å². The van der Waals surface area contributed by atoms with Crippen LogP contribution in [0.1, 0.15) is 17.5 Å². The van der Waals surface area contributed by atoms with Crippen LogP contribution in [0, 0.1) is 6.92 Å². The predicted molar refractivity (Wildman–Crippen MR) is 45.7 cm³/mol. The number of aliphatic hydroxyl groups excluding tert-OH is 1. The van der Waals surface area contributed by atoms with Gasteiger partial charge in [0.05, 0.1) is 17.6 Å². The number of hydrogen-bond acceptors (Lipinski definition) is 4. The Morgan fingerprint density at radius 3 is 2.75 bits per heavy atom. The summed E-state index contributed by atoms with van der Waals surface area (Å²) in [7, 11) is 1.78. The van der Waals surface area contributed by atoms with Crippen LogP contribution >= 0.6 is 0 Å². The van der Waals surface area contributed by atoms with Crippen molar-refractivity contribution in [2.75, 3.05) is 13.6 Å². The molecule has 12 heavy (non-hydrogen) atoms. The third-order valence-corrected chi connectivity index (χ3v) is 1.54. The number of hydrogen-bond donors (Lipinski definition) is 2. The SMILES string of the molecule is CNCC(O)c1cnc(C)cn1. The Balaban J connectivity index is 2.68. The summed E-state index contributed by atoms with van der Waals surface area (Å²) in [6.45, 7) is 2.36. The lowest BCUT2D eigenvalue weighted by molar-refractivity contribution is 0.172. The Labute approximate surface area is 71.7 Å². The lowest BCUT2D eigenvalue weighted by Crippen LogP contribution is -2.17. The topological polar surface area (TPSA) is 58.0 Å². The van der Waals surface area contributed by atoms with Crippen molar-refractivity contribution >= 4 is 0 Å². The summed E-state index contributed by atoms with van der Waals surface area (Å²) < 4.78 is 0. The summed E-state index contributed by atoms with van der Waals surface area (Å²) in [5.41, 5.74) is 1.46. The van der Waals surface area contributed by atoms with Crippen molar-refractivity contribution in [3.8, 4) is 0 Å². The van der Waals surface area contributed by atoms with E-state index in [0.717, 1.165) is 5.69 Å². The van der Waals surface area contributed by atoms with Crippen molar-refractivity contribution in [3.05, 3.63) is 23.8 Å². The van der Waals surface area contributed by atoms with E-state index >= 15 is 0 Å². The van der Waals surface area contributed by atoms with E-state index in [1.807, 2.05) is 6.92 Å². The average molecular weight is 167 g/mol. The van der Waals surface area contributed by atoms with E-state index in [-0.39, 0.29) is 0 Å². The normalized spacial score (nSPS) is 12.9. The van der Waals surface area contributed by atoms with E-state index in [1.165, 1.54) is 0 Å². The maximum atomic E-state index is 9.45. The summed E-state index contributed by atoms with van der Waals surface area (Å²) in [5.74, 6) is 0. The fourth-order valence-corrected chi connectivity index (χ4v) is 0.873. The molecular weight excluding hydrogens is 154 g/mol. The molecule has 1 atom stereocenters. The van der Waals surface area contributed by atoms with Crippen molar-refractivity contribution in [2.45, 2.75) is 13.0 Å². The molecule has 0 radical (unpaired) electrons. The van der Waals surface area contributed by atoms with Gasteiger partial charge >= 0.3 is 0 Å². The molecule has 0 aliphatic rings. The Bertz CT molecular complexity index is 235. The Kier molecular flexibility index (Phi) is 3.13. The average Bonchev–Trinajstić information content (AvgIpc) is 2.06. The number of aromatic nitrogens is 2. The lowest BCUT2D eigenvalue weighted by atomic mass is 10.2. The van der Waals surface area contributed by atoms with Crippen molar-refractivity contribution in [1.82, 2.24) is 15.3 Å². The Morgan fingerprint density at radius 1 is 1.50 bits per heavy atom. The van der Waals surface area contributed by atoms with Crippen LogP contribution in [0.4, 0.5) is 0 Å². The first-order chi connectivity index (χ1) is 5.74. The zero-order chi connectivity index (χ0) is 8.97. The van der Waals surface area contributed by atoms with E-state index < -0.39 is 6.10 Å². The summed E-state index contributed by atoms with van der Waals surface area (Å²) in [6.07, 6.45) is 2.68. The second kappa shape index (κ2) is 4.13. The maximum absolute atomic E-state index is 9.45. The van der Waals surface area contributed by atoms with Crippen molar-refractivity contribution in [3.63, 3.8) is 0 Å². The van der Waals surface area contributed by atoms with E-state index in [2.05, 4.69) is 15.3 Å². The van der Waals surface area contributed by atoms with Crippen LogP contribution in [-0.2, 0) is 0 Å². The monoisotopic (exact) mass is 167 g/mol. The molecule has 0 spiro atoms. The molecule has 0 amide bonds. The summed E-state index contributed by atoms with van der Waals surface area (Å²) >= 11 is 0. The molecule has 0 aromatic carbocycles. The van der Waals surface area contributed by atoms with Gasteiger partial charge in [0.2, 0.25) is 0 Å². The highest BCUT2D eigenvalue weighted by Crippen LogP contribution is 2.06. The van der Waals surface area contributed by atoms with E-state index in [0.29, 0.717) is 12.2 Å². The van der Waals surface area contributed by atoms with Gasteiger partial charge in [-0.05, 0) is 14.0 Å². The molecule has 1 unspecified atom stereocenters. The highest BCUT2D eigenvalue weighted by molar-refractivity contribution is 5.03. The molecule has 1 heterocycles. The highest BCUT2D eigenvalue weighted by Gasteiger charge is 2.06. The molecule has 1 aromatic rings. The zero-order valence-corrected chi connectivity index (χ0v) is 7.28. The number of rotatable bonds is 3. The lowest BCUT2D eigenvalue weighted by Gasteiger charge is -2.07. The fourth-order valence-electron chi connectivity index (χ4n) is 0.873. The molecule has 1 aromatic heterocycles. The minimum absolute atomic E-state index is 0.498. The molecule has 2 N–H and O–H groups in total. The molecule has 66 valence electrons. The molecule has 0 fully saturated rings.